The van der Waals surface area contributed by atoms with Crippen LogP contribution < -0.4 is 5.32 Å². The minimum atomic E-state index is -1.43. The van der Waals surface area contributed by atoms with Gasteiger partial charge in [0.2, 0.25) is 5.82 Å². The molecule has 0 radical (unpaired) electrons. The van der Waals surface area contributed by atoms with Crippen LogP contribution in [0.1, 0.15) is 17.3 Å². The zero-order valence-electron chi connectivity index (χ0n) is 10.4. The second kappa shape index (κ2) is 5.88. The van der Waals surface area contributed by atoms with Crippen molar-refractivity contribution in [3.63, 3.8) is 0 Å². The lowest BCUT2D eigenvalue weighted by molar-refractivity contribution is -0.387. The smallest absolute Gasteiger partial charge is 0.307 e. The highest BCUT2D eigenvalue weighted by atomic mass is 19.1. The highest BCUT2D eigenvalue weighted by Crippen LogP contribution is 2.21. The van der Waals surface area contributed by atoms with Gasteiger partial charge in [0, 0.05) is 0 Å². The van der Waals surface area contributed by atoms with Crippen molar-refractivity contribution in [2.45, 2.75) is 12.5 Å². The Balaban J connectivity index is 3.12. The third-order valence-electron chi connectivity index (χ3n) is 2.59. The fourth-order valence-corrected chi connectivity index (χ4v) is 1.32. The Hall–Kier alpha value is -2.13. The van der Waals surface area contributed by atoms with Gasteiger partial charge in [-0.1, -0.05) is 0 Å². The fraction of sp³-hybridized carbons (Fsp3) is 0.364. The molecule has 0 aliphatic carbocycles. The third-order valence-corrected chi connectivity index (χ3v) is 2.59. The summed E-state index contributed by atoms with van der Waals surface area (Å²) in [6.07, 6.45) is 0. The molecule has 0 unspecified atom stereocenters. The molecule has 0 fully saturated rings. The molecule has 20 heavy (non-hydrogen) atoms. The van der Waals surface area contributed by atoms with E-state index < -0.39 is 52.5 Å². The van der Waals surface area contributed by atoms with Gasteiger partial charge in [-0.15, -0.1) is 0 Å². The number of nitrogens with one attached hydrogen (secondary N) is 1. The zero-order chi connectivity index (χ0) is 15.5. The van der Waals surface area contributed by atoms with E-state index in [1.165, 1.54) is 6.92 Å². The molecule has 9 heteroatoms. The highest BCUT2D eigenvalue weighted by molar-refractivity contribution is 5.95. The SMILES string of the molecule is CC(CO)(CO)NC(=O)c1cc(F)c([N+](=O)[O-])cc1F. The van der Waals surface area contributed by atoms with E-state index in [0.717, 1.165) is 0 Å². The van der Waals surface area contributed by atoms with E-state index in [2.05, 4.69) is 5.32 Å². The van der Waals surface area contributed by atoms with Crippen LogP contribution in [0.15, 0.2) is 12.1 Å². The molecule has 0 saturated carbocycles. The van der Waals surface area contributed by atoms with Gasteiger partial charge >= 0.3 is 5.69 Å². The number of rotatable bonds is 5. The number of nitro groups is 1. The van der Waals surface area contributed by atoms with Gasteiger partial charge in [0.15, 0.2) is 0 Å². The largest absolute Gasteiger partial charge is 0.394 e. The van der Waals surface area contributed by atoms with Gasteiger partial charge in [-0.05, 0) is 13.0 Å². The van der Waals surface area contributed by atoms with Crippen LogP contribution in [0.25, 0.3) is 0 Å². The average molecular weight is 290 g/mol. The standard InChI is InChI=1S/C11H12F2N2O5/c1-11(4-16,5-17)14-10(18)6-2-8(13)9(15(19)20)3-7(6)12/h2-3,16-17H,4-5H2,1H3,(H,14,18). The van der Waals surface area contributed by atoms with Gasteiger partial charge in [0.25, 0.3) is 5.91 Å². The Bertz CT molecular complexity index is 546. The average Bonchev–Trinajstić information content (AvgIpc) is 2.40. The lowest BCUT2D eigenvalue weighted by Gasteiger charge is -2.26. The molecule has 0 aliphatic heterocycles. The first-order chi connectivity index (χ1) is 9.24. The molecule has 0 atom stereocenters. The molecule has 0 saturated heterocycles. The first kappa shape index (κ1) is 15.9. The topological polar surface area (TPSA) is 113 Å². The number of aliphatic hydroxyl groups is 2. The molecule has 0 heterocycles. The summed E-state index contributed by atoms with van der Waals surface area (Å²) in [6.45, 7) is 0.0171. The number of carbonyl (C=O) groups excluding carboxylic acids is 1. The molecule has 0 aromatic heterocycles. The van der Waals surface area contributed by atoms with Crippen molar-refractivity contribution < 1.29 is 28.7 Å². The lowest BCUT2D eigenvalue weighted by atomic mass is 10.0. The maximum atomic E-state index is 13.6. The summed E-state index contributed by atoms with van der Waals surface area (Å²) in [5.41, 5.74) is -3.28. The summed E-state index contributed by atoms with van der Waals surface area (Å²) in [6, 6.07) is 0.678. The molecule has 1 aromatic rings. The number of carbonyl (C=O) groups is 1. The summed E-state index contributed by atoms with van der Waals surface area (Å²) < 4.78 is 26.9. The number of halogens is 2. The minimum Gasteiger partial charge on any atom is -0.394 e. The van der Waals surface area contributed by atoms with E-state index in [9.17, 15) is 23.7 Å². The molecule has 1 rings (SSSR count). The Morgan fingerprint density at radius 1 is 1.35 bits per heavy atom. The number of nitrogens with zero attached hydrogens (tertiary/aromatic N) is 1. The number of amides is 1. The van der Waals surface area contributed by atoms with Crippen molar-refractivity contribution in [2.24, 2.45) is 0 Å². The second-order valence-electron chi connectivity index (χ2n) is 4.37. The Morgan fingerprint density at radius 2 is 1.90 bits per heavy atom. The first-order valence-electron chi connectivity index (χ1n) is 5.42. The fourth-order valence-electron chi connectivity index (χ4n) is 1.32. The predicted molar refractivity (Wildman–Crippen MR) is 63.1 cm³/mol. The van der Waals surface area contributed by atoms with Crippen molar-refractivity contribution in [2.75, 3.05) is 13.2 Å². The summed E-state index contributed by atoms with van der Waals surface area (Å²) >= 11 is 0. The normalized spacial score (nSPS) is 11.2. The first-order valence-corrected chi connectivity index (χ1v) is 5.42. The molecule has 3 N–H and O–H groups in total. The maximum Gasteiger partial charge on any atom is 0.307 e. The number of benzene rings is 1. The van der Waals surface area contributed by atoms with Crippen LogP contribution in [0.4, 0.5) is 14.5 Å². The number of hydrogen-bond donors (Lipinski definition) is 3. The monoisotopic (exact) mass is 290 g/mol. The van der Waals surface area contributed by atoms with Crippen LogP contribution in [0.5, 0.6) is 0 Å². The van der Waals surface area contributed by atoms with Gasteiger partial charge in [0.1, 0.15) is 5.82 Å². The van der Waals surface area contributed by atoms with Crippen LogP contribution in [-0.2, 0) is 0 Å². The van der Waals surface area contributed by atoms with E-state index >= 15 is 0 Å². The predicted octanol–water partition coefficient (Wildman–Crippen LogP) is 0.346. The van der Waals surface area contributed by atoms with Crippen molar-refractivity contribution in [1.29, 1.82) is 0 Å². The van der Waals surface area contributed by atoms with Gasteiger partial charge in [0.05, 0.1) is 35.3 Å². The summed E-state index contributed by atoms with van der Waals surface area (Å²) in [5, 5.41) is 30.5. The molecule has 1 aromatic carbocycles. The Kier molecular flexibility index (Phi) is 4.69. The Labute approximate surface area is 112 Å². The molecule has 7 nitrogen and oxygen atoms in total. The molecule has 0 aliphatic rings. The van der Waals surface area contributed by atoms with Crippen molar-refractivity contribution in [3.8, 4) is 0 Å². The minimum absolute atomic E-state index is 0.291. The lowest BCUT2D eigenvalue weighted by Crippen LogP contribution is -2.51. The number of aliphatic hydroxyl groups excluding tert-OH is 2. The Morgan fingerprint density at radius 3 is 2.35 bits per heavy atom. The van der Waals surface area contributed by atoms with Gasteiger partial charge in [-0.25, -0.2) is 4.39 Å². The highest BCUT2D eigenvalue weighted by Gasteiger charge is 2.28. The third kappa shape index (κ3) is 3.25. The van der Waals surface area contributed by atoms with Crippen LogP contribution in [0.3, 0.4) is 0 Å². The van der Waals surface area contributed by atoms with Crippen molar-refractivity contribution in [1.82, 2.24) is 5.32 Å². The summed E-state index contributed by atoms with van der Waals surface area (Å²) in [7, 11) is 0. The van der Waals surface area contributed by atoms with E-state index in [1.54, 1.807) is 0 Å². The quantitative estimate of drug-likeness (QED) is 0.535. The van der Waals surface area contributed by atoms with Crippen LogP contribution in [0.2, 0.25) is 0 Å². The van der Waals surface area contributed by atoms with Gasteiger partial charge in [-0.2, -0.15) is 4.39 Å². The zero-order valence-corrected chi connectivity index (χ0v) is 10.4. The van der Waals surface area contributed by atoms with Crippen molar-refractivity contribution in [3.05, 3.63) is 39.4 Å². The molecular weight excluding hydrogens is 278 g/mol. The second-order valence-corrected chi connectivity index (χ2v) is 4.37. The van der Waals surface area contributed by atoms with Crippen LogP contribution in [0, 0.1) is 21.7 Å². The number of nitro benzene ring substituents is 1. The molecule has 0 bridgehead atoms. The molecular formula is C11H12F2N2O5. The van der Waals surface area contributed by atoms with Crippen LogP contribution in [-0.4, -0.2) is 39.8 Å². The van der Waals surface area contributed by atoms with Crippen LogP contribution >= 0.6 is 0 Å². The molecule has 1 amide bonds. The molecule has 0 spiro atoms. The number of hydrogen-bond acceptors (Lipinski definition) is 5. The summed E-state index contributed by atoms with van der Waals surface area (Å²) in [5.74, 6) is -3.76. The molecule has 110 valence electrons. The van der Waals surface area contributed by atoms with E-state index in [1.807, 2.05) is 0 Å². The summed E-state index contributed by atoms with van der Waals surface area (Å²) in [4.78, 5) is 21.0. The van der Waals surface area contributed by atoms with E-state index in [-0.39, 0.29) is 0 Å². The van der Waals surface area contributed by atoms with Gasteiger partial charge < -0.3 is 15.5 Å². The van der Waals surface area contributed by atoms with Crippen molar-refractivity contribution >= 4 is 11.6 Å². The van der Waals surface area contributed by atoms with Gasteiger partial charge in [-0.3, -0.25) is 14.9 Å². The van der Waals surface area contributed by atoms with E-state index in [0.29, 0.717) is 12.1 Å². The van der Waals surface area contributed by atoms with E-state index in [4.69, 9.17) is 10.2 Å². The maximum absolute atomic E-state index is 13.6.